The van der Waals surface area contributed by atoms with Crippen LogP contribution in [0, 0.1) is 12.4 Å². The maximum absolute atomic E-state index is 12.7. The van der Waals surface area contributed by atoms with Crippen LogP contribution in [-0.2, 0) is 0 Å². The maximum atomic E-state index is 12.7. The molecule has 0 aliphatic carbocycles. The summed E-state index contributed by atoms with van der Waals surface area (Å²) in [4.78, 5) is 14.1. The van der Waals surface area contributed by atoms with Gasteiger partial charge in [-0.05, 0) is 24.3 Å². The molecule has 7 heteroatoms. The zero-order valence-electron chi connectivity index (χ0n) is 8.42. The molecule has 0 atom stereocenters. The molecule has 1 heterocycles. The van der Waals surface area contributed by atoms with E-state index in [-0.39, 0.29) is 17.5 Å². The van der Waals surface area contributed by atoms with Crippen LogP contribution in [0.15, 0.2) is 28.8 Å². The van der Waals surface area contributed by atoms with E-state index in [0.717, 1.165) is 6.54 Å². The monoisotopic (exact) mass is 236 g/mol. The molecule has 0 aliphatic rings. The number of carbonyl (C=O) groups is 1. The van der Waals surface area contributed by atoms with Crippen molar-refractivity contribution in [1.82, 2.24) is 15.5 Å². The van der Waals surface area contributed by atoms with Crippen molar-refractivity contribution in [3.05, 3.63) is 42.5 Å². The van der Waals surface area contributed by atoms with Gasteiger partial charge in [0.1, 0.15) is 12.4 Å². The molecule has 0 aliphatic heterocycles. The maximum Gasteiger partial charge on any atom is 0.405 e. The lowest BCUT2D eigenvalue weighted by molar-refractivity contribution is 0.196. The van der Waals surface area contributed by atoms with Crippen LogP contribution in [0.2, 0.25) is 0 Å². The Morgan fingerprint density at radius 1 is 1.41 bits per heavy atom. The van der Waals surface area contributed by atoms with Gasteiger partial charge in [-0.3, -0.25) is 0 Å². The van der Waals surface area contributed by atoms with E-state index in [9.17, 15) is 9.18 Å². The highest BCUT2D eigenvalue weighted by Crippen LogP contribution is 2.16. The third kappa shape index (κ3) is 2.77. The molecule has 0 saturated carbocycles. The summed E-state index contributed by atoms with van der Waals surface area (Å²) in [6.45, 7) is 1.06. The fourth-order valence-corrected chi connectivity index (χ4v) is 1.13. The van der Waals surface area contributed by atoms with Gasteiger partial charge in [-0.15, -0.1) is 0 Å². The van der Waals surface area contributed by atoms with E-state index in [4.69, 9.17) is 9.63 Å². The second kappa shape index (κ2) is 4.60. The van der Waals surface area contributed by atoms with Gasteiger partial charge in [-0.1, -0.05) is 5.16 Å². The summed E-state index contributed by atoms with van der Waals surface area (Å²) in [6, 6.07) is 5.53. The van der Waals surface area contributed by atoms with Crippen molar-refractivity contribution in [3.8, 4) is 11.4 Å². The minimum atomic E-state index is -1.23. The first-order valence-electron chi connectivity index (χ1n) is 4.57. The molecular weight excluding hydrogens is 229 g/mol. The van der Waals surface area contributed by atoms with E-state index < -0.39 is 6.09 Å². The first kappa shape index (κ1) is 11.1. The molecule has 1 amide bonds. The zero-order valence-corrected chi connectivity index (χ0v) is 8.42. The van der Waals surface area contributed by atoms with Crippen molar-refractivity contribution in [2.75, 3.05) is 0 Å². The van der Waals surface area contributed by atoms with Crippen LogP contribution in [0.5, 0.6) is 0 Å². The topological polar surface area (TPSA) is 88.2 Å². The minimum Gasteiger partial charge on any atom is -0.465 e. The van der Waals surface area contributed by atoms with Crippen molar-refractivity contribution in [1.29, 1.82) is 0 Å². The second-order valence-electron chi connectivity index (χ2n) is 3.06. The van der Waals surface area contributed by atoms with Crippen molar-refractivity contribution >= 4 is 6.09 Å². The molecule has 0 saturated heterocycles. The zero-order chi connectivity index (χ0) is 12.3. The van der Waals surface area contributed by atoms with Gasteiger partial charge in [-0.2, -0.15) is 4.98 Å². The number of halogens is 1. The Bertz CT molecular complexity index is 524. The molecule has 1 radical (unpaired) electrons. The molecule has 0 unspecified atom stereocenters. The van der Waals surface area contributed by atoms with E-state index in [1.165, 1.54) is 24.3 Å². The van der Waals surface area contributed by atoms with Crippen molar-refractivity contribution < 1.29 is 18.8 Å². The van der Waals surface area contributed by atoms with Gasteiger partial charge in [0.05, 0.1) is 0 Å². The standard InChI is InChI=1S/C10H7FN3O3/c11-7-3-1-6(2-4-7)9-13-8(17-14-9)5-12-10(15)16/h1-5,12H,(H,15,16). The number of nitrogens with one attached hydrogen (secondary N) is 1. The Morgan fingerprint density at radius 3 is 2.76 bits per heavy atom. The van der Waals surface area contributed by atoms with Gasteiger partial charge in [0.25, 0.3) is 5.89 Å². The SMILES string of the molecule is O=C(O)N[CH]c1nc(-c2ccc(F)cc2)no1. The number of amides is 1. The summed E-state index contributed by atoms with van der Waals surface area (Å²) in [5, 5.41) is 13.9. The average Bonchev–Trinajstić information content (AvgIpc) is 2.76. The first-order valence-corrected chi connectivity index (χ1v) is 4.57. The smallest absolute Gasteiger partial charge is 0.405 e. The molecule has 0 fully saturated rings. The highest BCUT2D eigenvalue weighted by atomic mass is 19.1. The Hall–Kier alpha value is -2.44. The minimum absolute atomic E-state index is 0.0201. The summed E-state index contributed by atoms with van der Waals surface area (Å²) in [5.74, 6) is -0.0910. The summed E-state index contributed by atoms with van der Waals surface area (Å²) in [7, 11) is 0. The number of hydrogen-bond acceptors (Lipinski definition) is 4. The summed E-state index contributed by atoms with van der Waals surface area (Å²) in [5.41, 5.74) is 0.574. The van der Waals surface area contributed by atoms with Crippen LogP contribution in [0.25, 0.3) is 11.4 Å². The molecular formula is C10H7FN3O3. The average molecular weight is 236 g/mol. The van der Waals surface area contributed by atoms with Gasteiger partial charge in [0.2, 0.25) is 5.82 Å². The second-order valence-corrected chi connectivity index (χ2v) is 3.06. The normalized spacial score (nSPS) is 10.2. The quantitative estimate of drug-likeness (QED) is 0.845. The van der Waals surface area contributed by atoms with Gasteiger partial charge < -0.3 is 14.9 Å². The first-order chi connectivity index (χ1) is 8.15. The lowest BCUT2D eigenvalue weighted by Gasteiger charge is -1.93. The third-order valence-electron chi connectivity index (χ3n) is 1.86. The largest absolute Gasteiger partial charge is 0.465 e. The molecule has 2 N–H and O–H groups in total. The predicted molar refractivity (Wildman–Crippen MR) is 54.3 cm³/mol. The van der Waals surface area contributed by atoms with Crippen molar-refractivity contribution in [2.24, 2.45) is 0 Å². The van der Waals surface area contributed by atoms with Crippen molar-refractivity contribution in [2.45, 2.75) is 0 Å². The number of benzene rings is 1. The summed E-state index contributed by atoms with van der Waals surface area (Å²) < 4.78 is 17.4. The Kier molecular flexibility index (Phi) is 2.99. The van der Waals surface area contributed by atoms with E-state index in [1.807, 2.05) is 5.32 Å². The van der Waals surface area contributed by atoms with Gasteiger partial charge in [-0.25, -0.2) is 9.18 Å². The fourth-order valence-electron chi connectivity index (χ4n) is 1.13. The van der Waals surface area contributed by atoms with E-state index in [1.54, 1.807) is 0 Å². The Morgan fingerprint density at radius 2 is 2.12 bits per heavy atom. The van der Waals surface area contributed by atoms with Crippen molar-refractivity contribution in [3.63, 3.8) is 0 Å². The number of rotatable bonds is 3. The van der Waals surface area contributed by atoms with Gasteiger partial charge in [0, 0.05) is 5.56 Å². The molecule has 1 aromatic heterocycles. The predicted octanol–water partition coefficient (Wildman–Crippen LogP) is 1.65. The Labute approximate surface area is 95.1 Å². The molecule has 1 aromatic carbocycles. The van der Waals surface area contributed by atoms with Gasteiger partial charge >= 0.3 is 6.09 Å². The number of nitrogens with zero attached hydrogens (tertiary/aromatic N) is 2. The molecule has 6 nitrogen and oxygen atoms in total. The fraction of sp³-hybridized carbons (Fsp3) is 0. The van der Waals surface area contributed by atoms with E-state index in [2.05, 4.69) is 10.1 Å². The van der Waals surface area contributed by atoms with Crippen LogP contribution in [0.3, 0.4) is 0 Å². The number of aromatic nitrogens is 2. The van der Waals surface area contributed by atoms with E-state index >= 15 is 0 Å². The number of hydrogen-bond donors (Lipinski definition) is 2. The number of carboxylic acid groups (broad SMARTS) is 1. The molecule has 87 valence electrons. The van der Waals surface area contributed by atoms with Crippen LogP contribution < -0.4 is 5.32 Å². The van der Waals surface area contributed by atoms with Gasteiger partial charge in [0.15, 0.2) is 0 Å². The third-order valence-corrected chi connectivity index (χ3v) is 1.86. The van der Waals surface area contributed by atoms with Crippen LogP contribution >= 0.6 is 0 Å². The lowest BCUT2D eigenvalue weighted by atomic mass is 10.2. The lowest BCUT2D eigenvalue weighted by Crippen LogP contribution is -2.17. The molecule has 0 spiro atoms. The Balaban J connectivity index is 2.12. The van der Waals surface area contributed by atoms with Crippen LogP contribution in [0.4, 0.5) is 9.18 Å². The molecule has 2 rings (SSSR count). The molecule has 0 bridgehead atoms. The summed E-state index contributed by atoms with van der Waals surface area (Å²) >= 11 is 0. The van der Waals surface area contributed by atoms with Crippen LogP contribution in [-0.4, -0.2) is 21.3 Å². The summed E-state index contributed by atoms with van der Waals surface area (Å²) in [6.07, 6.45) is -1.23. The molecule has 2 aromatic rings. The van der Waals surface area contributed by atoms with E-state index in [0.29, 0.717) is 5.56 Å². The highest BCUT2D eigenvalue weighted by Gasteiger charge is 2.09. The molecule has 17 heavy (non-hydrogen) atoms. The van der Waals surface area contributed by atoms with Crippen LogP contribution in [0.1, 0.15) is 5.89 Å². The highest BCUT2D eigenvalue weighted by molar-refractivity contribution is 5.65.